The van der Waals surface area contributed by atoms with E-state index in [1.807, 2.05) is 31.2 Å². The Bertz CT molecular complexity index is 798. The zero-order valence-electron chi connectivity index (χ0n) is 13.5. The van der Waals surface area contributed by atoms with Gasteiger partial charge in [0.15, 0.2) is 5.76 Å². The lowest BCUT2D eigenvalue weighted by atomic mass is 10.2. The summed E-state index contributed by atoms with van der Waals surface area (Å²) in [6.07, 6.45) is 0.613. The van der Waals surface area contributed by atoms with Gasteiger partial charge in [-0.3, -0.25) is 4.79 Å². The highest BCUT2D eigenvalue weighted by Gasteiger charge is 2.19. The van der Waals surface area contributed by atoms with Crippen molar-refractivity contribution in [3.05, 3.63) is 47.7 Å². The Balaban J connectivity index is 1.75. The number of ether oxygens (including phenoxy) is 1. The average Bonchev–Trinajstić information content (AvgIpc) is 3.05. The van der Waals surface area contributed by atoms with E-state index < -0.39 is 15.9 Å². The van der Waals surface area contributed by atoms with Gasteiger partial charge in [0.25, 0.3) is 15.9 Å². The van der Waals surface area contributed by atoms with Crippen LogP contribution in [0.25, 0.3) is 0 Å². The minimum atomic E-state index is -3.69. The summed E-state index contributed by atoms with van der Waals surface area (Å²) in [4.78, 5) is 11.9. The first-order valence-electron chi connectivity index (χ1n) is 7.43. The summed E-state index contributed by atoms with van der Waals surface area (Å²) in [6, 6.07) is 10.3. The van der Waals surface area contributed by atoms with E-state index in [0.717, 1.165) is 11.3 Å². The second kappa shape index (κ2) is 7.98. The van der Waals surface area contributed by atoms with E-state index >= 15 is 0 Å². The third-order valence-electron chi connectivity index (χ3n) is 3.20. The van der Waals surface area contributed by atoms with Crippen molar-refractivity contribution in [2.75, 3.05) is 20.2 Å². The molecule has 7 nitrogen and oxygen atoms in total. The van der Waals surface area contributed by atoms with Gasteiger partial charge >= 0.3 is 0 Å². The second-order valence-electron chi connectivity index (χ2n) is 5.10. The Morgan fingerprint density at radius 1 is 1.25 bits per heavy atom. The van der Waals surface area contributed by atoms with Gasteiger partial charge in [-0.1, -0.05) is 12.1 Å². The van der Waals surface area contributed by atoms with E-state index in [9.17, 15) is 13.2 Å². The lowest BCUT2D eigenvalue weighted by Gasteiger charge is -2.07. The predicted molar refractivity (Wildman–Crippen MR) is 88.6 cm³/mol. The summed E-state index contributed by atoms with van der Waals surface area (Å²) in [5.74, 6) is 0.265. The summed E-state index contributed by atoms with van der Waals surface area (Å²) in [5, 5.41) is 2.36. The first kappa shape index (κ1) is 18.0. The van der Waals surface area contributed by atoms with Gasteiger partial charge in [0.2, 0.25) is 5.09 Å². The molecule has 1 amide bonds. The fourth-order valence-electron chi connectivity index (χ4n) is 1.94. The molecule has 0 saturated carbocycles. The predicted octanol–water partition coefficient (Wildman–Crippen LogP) is 1.70. The number of hydrogen-bond donors (Lipinski definition) is 2. The van der Waals surface area contributed by atoms with Crippen LogP contribution in [0.5, 0.6) is 5.75 Å². The molecule has 130 valence electrons. The van der Waals surface area contributed by atoms with Crippen LogP contribution in [0.4, 0.5) is 0 Å². The van der Waals surface area contributed by atoms with Crippen LogP contribution in [0.3, 0.4) is 0 Å². The van der Waals surface area contributed by atoms with Crippen molar-refractivity contribution < 1.29 is 22.4 Å². The van der Waals surface area contributed by atoms with Crippen molar-refractivity contribution in [2.24, 2.45) is 0 Å². The van der Waals surface area contributed by atoms with Crippen molar-refractivity contribution >= 4 is 15.9 Å². The number of sulfonamides is 1. The molecule has 1 aromatic carbocycles. The fourth-order valence-corrected chi connectivity index (χ4v) is 2.59. The molecule has 0 radical (unpaired) electrons. The molecule has 2 rings (SSSR count). The van der Waals surface area contributed by atoms with Gasteiger partial charge in [0.05, 0.1) is 6.61 Å². The van der Waals surface area contributed by atoms with Crippen molar-refractivity contribution in [1.29, 1.82) is 0 Å². The molecular weight excluding hydrogens is 332 g/mol. The SMILES string of the molecule is CNS(=O)(=O)c1ccc(C(=O)NCCCOc2cccc(C)c2)o1. The van der Waals surface area contributed by atoms with Gasteiger partial charge < -0.3 is 14.5 Å². The number of amides is 1. The Hall–Kier alpha value is -2.32. The zero-order chi connectivity index (χ0) is 17.6. The highest BCUT2D eigenvalue weighted by atomic mass is 32.2. The molecule has 24 heavy (non-hydrogen) atoms. The van der Waals surface area contributed by atoms with Gasteiger partial charge in [-0.25, -0.2) is 13.1 Å². The smallest absolute Gasteiger partial charge is 0.287 e. The molecule has 0 fully saturated rings. The highest BCUT2D eigenvalue weighted by Crippen LogP contribution is 2.14. The monoisotopic (exact) mass is 352 g/mol. The maximum Gasteiger partial charge on any atom is 0.287 e. The molecule has 0 spiro atoms. The molecule has 0 unspecified atom stereocenters. The summed E-state index contributed by atoms with van der Waals surface area (Å²) in [5.41, 5.74) is 1.12. The van der Waals surface area contributed by atoms with E-state index in [1.54, 1.807) is 0 Å². The quantitative estimate of drug-likeness (QED) is 0.705. The lowest BCUT2D eigenvalue weighted by molar-refractivity contribution is 0.0918. The van der Waals surface area contributed by atoms with Gasteiger partial charge in [-0.2, -0.15) is 0 Å². The van der Waals surface area contributed by atoms with Crippen LogP contribution in [0.1, 0.15) is 22.5 Å². The molecule has 1 heterocycles. The van der Waals surface area contributed by atoms with Crippen molar-refractivity contribution in [1.82, 2.24) is 10.0 Å². The van der Waals surface area contributed by atoms with Gasteiger partial charge in [0.1, 0.15) is 5.75 Å². The van der Waals surface area contributed by atoms with Crippen LogP contribution in [0.15, 0.2) is 45.9 Å². The molecule has 2 N–H and O–H groups in total. The Morgan fingerprint density at radius 2 is 2.04 bits per heavy atom. The number of rotatable bonds is 8. The lowest BCUT2D eigenvalue weighted by Crippen LogP contribution is -2.25. The Kier molecular flexibility index (Phi) is 5.99. The Labute approximate surface area is 141 Å². The van der Waals surface area contributed by atoms with E-state index in [1.165, 1.54) is 19.2 Å². The largest absolute Gasteiger partial charge is 0.494 e. The van der Waals surface area contributed by atoms with Crippen LogP contribution >= 0.6 is 0 Å². The van der Waals surface area contributed by atoms with Crippen LogP contribution in [-0.2, 0) is 10.0 Å². The summed E-state index contributed by atoms with van der Waals surface area (Å²) < 4.78 is 35.8. The number of carbonyl (C=O) groups is 1. The third-order valence-corrected chi connectivity index (χ3v) is 4.49. The van der Waals surface area contributed by atoms with Crippen LogP contribution in [0, 0.1) is 6.92 Å². The van der Waals surface area contributed by atoms with E-state index in [-0.39, 0.29) is 10.9 Å². The normalized spacial score (nSPS) is 11.2. The molecular formula is C16H20N2O5S. The third kappa shape index (κ3) is 4.84. The first-order chi connectivity index (χ1) is 11.4. The molecule has 0 aliphatic rings. The van der Waals surface area contributed by atoms with Crippen molar-refractivity contribution in [3.63, 3.8) is 0 Å². The Morgan fingerprint density at radius 3 is 2.75 bits per heavy atom. The maximum absolute atomic E-state index is 11.9. The number of benzene rings is 1. The number of nitrogens with one attached hydrogen (secondary N) is 2. The topological polar surface area (TPSA) is 97.6 Å². The van der Waals surface area contributed by atoms with E-state index in [0.29, 0.717) is 19.6 Å². The zero-order valence-corrected chi connectivity index (χ0v) is 14.4. The van der Waals surface area contributed by atoms with Gasteiger partial charge in [0, 0.05) is 6.54 Å². The minimum absolute atomic E-state index is 0.0524. The van der Waals surface area contributed by atoms with Crippen LogP contribution < -0.4 is 14.8 Å². The minimum Gasteiger partial charge on any atom is -0.494 e. The molecule has 2 aromatic rings. The van der Waals surface area contributed by atoms with E-state index in [4.69, 9.17) is 9.15 Å². The van der Waals surface area contributed by atoms with Crippen LogP contribution in [-0.4, -0.2) is 34.5 Å². The molecule has 0 saturated heterocycles. The first-order valence-corrected chi connectivity index (χ1v) is 8.92. The molecule has 0 bridgehead atoms. The van der Waals surface area contributed by atoms with E-state index in [2.05, 4.69) is 10.0 Å². The summed E-state index contributed by atoms with van der Waals surface area (Å²) in [6.45, 7) is 2.83. The molecule has 0 aliphatic carbocycles. The summed E-state index contributed by atoms with van der Waals surface area (Å²) >= 11 is 0. The number of hydrogen-bond acceptors (Lipinski definition) is 5. The fraction of sp³-hybridized carbons (Fsp3) is 0.312. The van der Waals surface area contributed by atoms with Crippen molar-refractivity contribution in [2.45, 2.75) is 18.4 Å². The van der Waals surface area contributed by atoms with Crippen molar-refractivity contribution in [3.8, 4) is 5.75 Å². The van der Waals surface area contributed by atoms with Crippen LogP contribution in [0.2, 0.25) is 0 Å². The van der Waals surface area contributed by atoms with Gasteiger partial charge in [-0.15, -0.1) is 0 Å². The second-order valence-corrected chi connectivity index (χ2v) is 6.92. The van der Waals surface area contributed by atoms with Gasteiger partial charge in [-0.05, 0) is 50.2 Å². The number of furan rings is 1. The highest BCUT2D eigenvalue weighted by molar-refractivity contribution is 7.89. The summed E-state index contributed by atoms with van der Waals surface area (Å²) in [7, 11) is -2.42. The number of carbonyl (C=O) groups excluding carboxylic acids is 1. The molecule has 0 aliphatic heterocycles. The maximum atomic E-state index is 11.9. The average molecular weight is 352 g/mol. The molecule has 1 aromatic heterocycles. The molecule has 8 heteroatoms. The molecule has 0 atom stereocenters. The standard InChI is InChI=1S/C16H20N2O5S/c1-12-5-3-6-13(11-12)22-10-4-9-18-16(19)14-7-8-15(23-14)24(20,21)17-2/h3,5-8,11,17H,4,9-10H2,1-2H3,(H,18,19). The number of aryl methyl sites for hydroxylation is 1.